The van der Waals surface area contributed by atoms with Crippen molar-refractivity contribution in [1.82, 2.24) is 19.9 Å². The van der Waals surface area contributed by atoms with E-state index >= 15 is 0 Å². The Morgan fingerprint density at radius 2 is 2.24 bits per heavy atom. The Labute approximate surface area is 150 Å². The molecule has 0 spiro atoms. The first-order valence-electron chi connectivity index (χ1n) is 8.55. The van der Waals surface area contributed by atoms with Gasteiger partial charge in [0.05, 0.1) is 16.3 Å². The summed E-state index contributed by atoms with van der Waals surface area (Å²) in [6.45, 7) is 2.82. The number of thiophene rings is 1. The zero-order valence-electron chi connectivity index (χ0n) is 13.9. The van der Waals surface area contributed by atoms with Gasteiger partial charge in [-0.15, -0.1) is 11.3 Å². The van der Waals surface area contributed by atoms with Gasteiger partial charge in [-0.2, -0.15) is 0 Å². The number of aromatic amines is 1. The molecule has 25 heavy (non-hydrogen) atoms. The molecule has 1 unspecified atom stereocenters. The van der Waals surface area contributed by atoms with Crippen molar-refractivity contribution >= 4 is 11.3 Å². The minimum absolute atomic E-state index is 0.0738. The zero-order chi connectivity index (χ0) is 17.1. The van der Waals surface area contributed by atoms with Gasteiger partial charge in [0.25, 0.3) is 5.56 Å². The molecule has 4 rings (SSSR count). The van der Waals surface area contributed by atoms with Crippen molar-refractivity contribution in [1.29, 1.82) is 0 Å². The van der Waals surface area contributed by atoms with Crippen LogP contribution in [-0.2, 0) is 6.54 Å². The maximum atomic E-state index is 12.1. The molecule has 0 saturated carbocycles. The minimum Gasteiger partial charge on any atom is -0.306 e. The fraction of sp³-hybridized carbons (Fsp3) is 0.316. The van der Waals surface area contributed by atoms with Crippen molar-refractivity contribution in [2.45, 2.75) is 25.3 Å². The van der Waals surface area contributed by atoms with E-state index in [0.29, 0.717) is 11.7 Å². The molecular formula is C19H20N4OS. The third-order valence-corrected chi connectivity index (χ3v) is 5.43. The number of likely N-dealkylation sites (tertiary alicyclic amines) is 1. The number of hydrogen-bond acceptors (Lipinski definition) is 5. The first kappa shape index (κ1) is 16.2. The van der Waals surface area contributed by atoms with Crippen LogP contribution < -0.4 is 5.56 Å². The third-order valence-electron chi connectivity index (χ3n) is 4.55. The van der Waals surface area contributed by atoms with Crippen molar-refractivity contribution < 1.29 is 0 Å². The number of aromatic nitrogens is 3. The highest BCUT2D eigenvalue weighted by molar-refractivity contribution is 7.13. The number of piperidine rings is 1. The number of nitrogens with one attached hydrogen (secondary N) is 1. The van der Waals surface area contributed by atoms with Crippen LogP contribution in [0.5, 0.6) is 0 Å². The maximum absolute atomic E-state index is 12.1. The second-order valence-corrected chi connectivity index (χ2v) is 7.34. The first-order valence-corrected chi connectivity index (χ1v) is 9.43. The van der Waals surface area contributed by atoms with Crippen molar-refractivity contribution in [3.63, 3.8) is 0 Å². The number of hydrogen-bond donors (Lipinski definition) is 1. The summed E-state index contributed by atoms with van der Waals surface area (Å²) in [7, 11) is 0. The highest BCUT2D eigenvalue weighted by Crippen LogP contribution is 2.27. The molecule has 1 aliphatic heterocycles. The topological polar surface area (TPSA) is 61.9 Å². The highest BCUT2D eigenvalue weighted by Gasteiger charge is 2.23. The van der Waals surface area contributed by atoms with E-state index in [1.807, 2.05) is 35.8 Å². The molecule has 3 aromatic rings. The van der Waals surface area contributed by atoms with E-state index in [4.69, 9.17) is 4.98 Å². The van der Waals surface area contributed by atoms with Crippen molar-refractivity contribution in [3.8, 4) is 10.7 Å². The van der Waals surface area contributed by atoms with Crippen molar-refractivity contribution in [2.24, 2.45) is 0 Å². The lowest BCUT2D eigenvalue weighted by atomic mass is 9.94. The number of rotatable bonds is 4. The molecule has 4 heterocycles. The van der Waals surface area contributed by atoms with Gasteiger partial charge < -0.3 is 4.98 Å². The molecule has 1 N–H and O–H groups in total. The van der Waals surface area contributed by atoms with Crippen LogP contribution in [0.4, 0.5) is 0 Å². The summed E-state index contributed by atoms with van der Waals surface area (Å²) >= 11 is 1.59. The summed E-state index contributed by atoms with van der Waals surface area (Å²) in [5.41, 5.74) is 1.91. The average Bonchev–Trinajstić information content (AvgIpc) is 3.17. The van der Waals surface area contributed by atoms with Crippen LogP contribution in [0.3, 0.4) is 0 Å². The van der Waals surface area contributed by atoms with E-state index < -0.39 is 0 Å². The number of nitrogens with zero attached hydrogens (tertiary/aromatic N) is 3. The van der Waals surface area contributed by atoms with Crippen LogP contribution in [0.2, 0.25) is 0 Å². The minimum atomic E-state index is -0.0738. The largest absolute Gasteiger partial charge is 0.306 e. The van der Waals surface area contributed by atoms with E-state index in [9.17, 15) is 4.79 Å². The smallest absolute Gasteiger partial charge is 0.251 e. The van der Waals surface area contributed by atoms with Crippen LogP contribution in [-0.4, -0.2) is 32.9 Å². The Morgan fingerprint density at radius 1 is 1.28 bits per heavy atom. The molecule has 5 nitrogen and oxygen atoms in total. The lowest BCUT2D eigenvalue weighted by molar-refractivity contribution is 0.196. The van der Waals surface area contributed by atoms with Gasteiger partial charge in [-0.1, -0.05) is 12.1 Å². The molecule has 0 aromatic carbocycles. The predicted octanol–water partition coefficient (Wildman–Crippen LogP) is 3.27. The lowest BCUT2D eigenvalue weighted by Gasteiger charge is -2.32. The Kier molecular flexibility index (Phi) is 4.72. The van der Waals surface area contributed by atoms with E-state index in [0.717, 1.165) is 48.7 Å². The van der Waals surface area contributed by atoms with Gasteiger partial charge in [-0.05, 0) is 43.0 Å². The standard InChI is InChI=1S/C19H20N4OS/c24-18-11-16(21-19(22-18)17-7-4-10-25-17)14-5-3-9-23(12-14)13-15-6-1-2-8-20-15/h1-2,4,6-8,10-11,14H,3,5,9,12-13H2,(H,21,22,24). The van der Waals surface area contributed by atoms with Gasteiger partial charge in [-0.25, -0.2) is 4.98 Å². The highest BCUT2D eigenvalue weighted by atomic mass is 32.1. The molecule has 6 heteroatoms. The molecule has 3 aromatic heterocycles. The summed E-state index contributed by atoms with van der Waals surface area (Å²) in [5, 5.41) is 2.00. The fourth-order valence-corrected chi connectivity index (χ4v) is 4.05. The summed E-state index contributed by atoms with van der Waals surface area (Å²) in [6.07, 6.45) is 4.02. The van der Waals surface area contributed by atoms with Crippen LogP contribution in [0.25, 0.3) is 10.7 Å². The first-order chi connectivity index (χ1) is 12.3. The molecule has 1 saturated heterocycles. The number of H-pyrrole nitrogens is 1. The van der Waals surface area contributed by atoms with Gasteiger partial charge in [0, 0.05) is 31.3 Å². The van der Waals surface area contributed by atoms with Gasteiger partial charge >= 0.3 is 0 Å². The molecule has 128 valence electrons. The molecule has 0 aliphatic carbocycles. The van der Waals surface area contributed by atoms with Gasteiger partial charge in [0.2, 0.25) is 0 Å². The second kappa shape index (κ2) is 7.29. The SMILES string of the molecule is O=c1cc(C2CCCN(Cc3ccccn3)C2)nc(-c2cccs2)[nH]1. The third kappa shape index (κ3) is 3.86. The Hall–Kier alpha value is -2.31. The monoisotopic (exact) mass is 352 g/mol. The van der Waals surface area contributed by atoms with Gasteiger partial charge in [-0.3, -0.25) is 14.7 Å². The van der Waals surface area contributed by atoms with Crippen LogP contribution in [0.15, 0.2) is 52.8 Å². The number of pyridine rings is 1. The van der Waals surface area contributed by atoms with E-state index in [1.54, 1.807) is 17.4 Å². The van der Waals surface area contributed by atoms with Crippen LogP contribution in [0, 0.1) is 0 Å². The molecule has 1 fully saturated rings. The summed E-state index contributed by atoms with van der Waals surface area (Å²) in [5.74, 6) is 0.970. The van der Waals surface area contributed by atoms with Crippen LogP contribution >= 0.6 is 11.3 Å². The summed E-state index contributed by atoms with van der Waals surface area (Å²) < 4.78 is 0. The zero-order valence-corrected chi connectivity index (χ0v) is 14.7. The molecule has 0 radical (unpaired) electrons. The molecular weight excluding hydrogens is 332 g/mol. The fourth-order valence-electron chi connectivity index (χ4n) is 3.38. The van der Waals surface area contributed by atoms with E-state index in [2.05, 4.69) is 20.9 Å². The molecule has 1 aliphatic rings. The molecule has 1 atom stereocenters. The average molecular weight is 352 g/mol. The van der Waals surface area contributed by atoms with Gasteiger partial charge in [0.1, 0.15) is 5.82 Å². The predicted molar refractivity (Wildman–Crippen MR) is 99.7 cm³/mol. The Bertz CT molecular complexity index is 876. The van der Waals surface area contributed by atoms with E-state index in [-0.39, 0.29) is 5.56 Å². The van der Waals surface area contributed by atoms with Gasteiger partial charge in [0.15, 0.2) is 0 Å². The van der Waals surface area contributed by atoms with Crippen molar-refractivity contribution in [3.05, 3.63) is 69.7 Å². The van der Waals surface area contributed by atoms with Crippen molar-refractivity contribution in [2.75, 3.05) is 13.1 Å². The summed E-state index contributed by atoms with van der Waals surface area (Å²) in [6, 6.07) is 11.6. The van der Waals surface area contributed by atoms with Crippen LogP contribution in [0.1, 0.15) is 30.1 Å². The maximum Gasteiger partial charge on any atom is 0.251 e. The molecule has 0 bridgehead atoms. The second-order valence-electron chi connectivity index (χ2n) is 6.39. The summed E-state index contributed by atoms with van der Waals surface area (Å²) in [4.78, 5) is 27.5. The van der Waals surface area contributed by atoms with E-state index in [1.165, 1.54) is 0 Å². The quantitative estimate of drug-likeness (QED) is 0.783. The molecule has 0 amide bonds. The Balaban J connectivity index is 1.54. The Morgan fingerprint density at radius 3 is 3.04 bits per heavy atom. The lowest BCUT2D eigenvalue weighted by Crippen LogP contribution is -2.34. The normalized spacial score (nSPS) is 18.3.